The minimum Gasteiger partial charge on any atom is -0.379 e. The lowest BCUT2D eigenvalue weighted by atomic mass is 9.83. The van der Waals surface area contributed by atoms with Gasteiger partial charge in [0.2, 0.25) is 0 Å². The lowest BCUT2D eigenvalue weighted by Crippen LogP contribution is -2.46. The van der Waals surface area contributed by atoms with E-state index in [4.69, 9.17) is 4.74 Å². The molecule has 0 aromatic carbocycles. The van der Waals surface area contributed by atoms with E-state index in [9.17, 15) is 0 Å². The van der Waals surface area contributed by atoms with Crippen molar-refractivity contribution in [3.63, 3.8) is 0 Å². The Morgan fingerprint density at radius 3 is 1.94 bits per heavy atom. The highest BCUT2D eigenvalue weighted by Gasteiger charge is 2.30. The maximum Gasteiger partial charge on any atom is 0.0781 e. The molecule has 0 heterocycles. The standard InChI is InChI=1S/C15H29NO/c1-14(2,3)11-9-10-12(16-7)13(17-8)15(4,5)6/h12-13,16H,10H2,1-8H3. The first kappa shape index (κ1) is 16.5. The Morgan fingerprint density at radius 2 is 1.65 bits per heavy atom. The molecule has 0 aliphatic carbocycles. The minimum absolute atomic E-state index is 0.0720. The molecule has 0 spiro atoms. The van der Waals surface area contributed by atoms with Gasteiger partial charge in [0.25, 0.3) is 0 Å². The van der Waals surface area contributed by atoms with Gasteiger partial charge in [0.05, 0.1) is 6.10 Å². The van der Waals surface area contributed by atoms with Crippen LogP contribution >= 0.6 is 0 Å². The zero-order chi connectivity index (χ0) is 13.7. The molecule has 0 fully saturated rings. The highest BCUT2D eigenvalue weighted by molar-refractivity contribution is 5.09. The first-order valence-electron chi connectivity index (χ1n) is 6.32. The second-order valence-electron chi connectivity index (χ2n) is 6.67. The predicted molar refractivity (Wildman–Crippen MR) is 74.9 cm³/mol. The van der Waals surface area contributed by atoms with Gasteiger partial charge in [-0.2, -0.15) is 0 Å². The van der Waals surface area contributed by atoms with Crippen LogP contribution in [0.3, 0.4) is 0 Å². The van der Waals surface area contributed by atoms with Crippen LogP contribution in [0.2, 0.25) is 0 Å². The molecule has 0 aromatic heterocycles. The Bertz CT molecular complexity index is 272. The molecule has 0 amide bonds. The first-order valence-corrected chi connectivity index (χ1v) is 6.32. The van der Waals surface area contributed by atoms with E-state index in [-0.39, 0.29) is 23.0 Å². The van der Waals surface area contributed by atoms with Crippen LogP contribution in [0.5, 0.6) is 0 Å². The molecule has 0 saturated carbocycles. The van der Waals surface area contributed by atoms with Gasteiger partial charge in [-0.25, -0.2) is 0 Å². The third kappa shape index (κ3) is 6.71. The lowest BCUT2D eigenvalue weighted by molar-refractivity contribution is -0.00811. The first-order chi connectivity index (χ1) is 7.61. The quantitative estimate of drug-likeness (QED) is 0.761. The topological polar surface area (TPSA) is 21.3 Å². The molecular weight excluding hydrogens is 210 g/mol. The van der Waals surface area contributed by atoms with E-state index in [2.05, 4.69) is 58.7 Å². The van der Waals surface area contributed by atoms with Crippen molar-refractivity contribution in [3.8, 4) is 11.8 Å². The predicted octanol–water partition coefficient (Wildman–Crippen LogP) is 3.08. The number of rotatable bonds is 4. The largest absolute Gasteiger partial charge is 0.379 e. The summed E-state index contributed by atoms with van der Waals surface area (Å²) in [6.07, 6.45) is 0.991. The third-order valence-corrected chi connectivity index (χ3v) is 2.63. The zero-order valence-electron chi connectivity index (χ0n) is 12.8. The van der Waals surface area contributed by atoms with Gasteiger partial charge in [0, 0.05) is 25.0 Å². The van der Waals surface area contributed by atoms with Crippen molar-refractivity contribution in [2.24, 2.45) is 10.8 Å². The Balaban J connectivity index is 4.66. The van der Waals surface area contributed by atoms with Crippen LogP contribution in [-0.4, -0.2) is 26.3 Å². The molecule has 0 aromatic rings. The van der Waals surface area contributed by atoms with Gasteiger partial charge in [-0.3, -0.25) is 0 Å². The van der Waals surface area contributed by atoms with Gasteiger partial charge in [-0.05, 0) is 33.2 Å². The molecule has 1 N–H and O–H groups in total. The van der Waals surface area contributed by atoms with E-state index in [1.165, 1.54) is 0 Å². The maximum atomic E-state index is 5.62. The zero-order valence-corrected chi connectivity index (χ0v) is 12.8. The molecule has 2 atom stereocenters. The SMILES string of the molecule is CNC(CC#CC(C)(C)C)C(OC)C(C)(C)C. The molecule has 0 saturated heterocycles. The highest BCUT2D eigenvalue weighted by Crippen LogP contribution is 2.25. The minimum atomic E-state index is 0.0720. The fourth-order valence-corrected chi connectivity index (χ4v) is 1.91. The van der Waals surface area contributed by atoms with Gasteiger partial charge < -0.3 is 10.1 Å². The van der Waals surface area contributed by atoms with Crippen LogP contribution in [-0.2, 0) is 4.74 Å². The summed E-state index contributed by atoms with van der Waals surface area (Å²) in [7, 11) is 3.75. The van der Waals surface area contributed by atoms with Crippen molar-refractivity contribution in [2.45, 2.75) is 60.1 Å². The number of nitrogens with one attached hydrogen (secondary N) is 1. The summed E-state index contributed by atoms with van der Waals surface area (Å²) in [6.45, 7) is 13.0. The number of hydrogen-bond acceptors (Lipinski definition) is 2. The number of methoxy groups -OCH3 is 1. The van der Waals surface area contributed by atoms with Crippen LogP contribution in [0.15, 0.2) is 0 Å². The van der Waals surface area contributed by atoms with E-state index in [0.29, 0.717) is 0 Å². The monoisotopic (exact) mass is 239 g/mol. The van der Waals surface area contributed by atoms with Gasteiger partial charge in [0.15, 0.2) is 0 Å². The summed E-state index contributed by atoms with van der Waals surface area (Å²) in [5, 5.41) is 3.32. The van der Waals surface area contributed by atoms with Crippen molar-refractivity contribution in [1.82, 2.24) is 5.32 Å². The number of ether oxygens (including phenoxy) is 1. The fourth-order valence-electron chi connectivity index (χ4n) is 1.91. The van der Waals surface area contributed by atoms with E-state index >= 15 is 0 Å². The van der Waals surface area contributed by atoms with Crippen molar-refractivity contribution in [3.05, 3.63) is 0 Å². The molecule has 2 heteroatoms. The lowest BCUT2D eigenvalue weighted by Gasteiger charge is -2.35. The highest BCUT2D eigenvalue weighted by atomic mass is 16.5. The molecule has 17 heavy (non-hydrogen) atoms. The Labute approximate surface area is 108 Å². The van der Waals surface area contributed by atoms with Crippen LogP contribution in [0.25, 0.3) is 0 Å². The van der Waals surface area contributed by atoms with Crippen molar-refractivity contribution in [2.75, 3.05) is 14.2 Å². The molecule has 2 unspecified atom stereocenters. The van der Waals surface area contributed by atoms with Crippen molar-refractivity contribution < 1.29 is 4.74 Å². The summed E-state index contributed by atoms with van der Waals surface area (Å²) < 4.78 is 5.62. The van der Waals surface area contributed by atoms with E-state index in [0.717, 1.165) is 6.42 Å². The van der Waals surface area contributed by atoms with Crippen LogP contribution in [0.4, 0.5) is 0 Å². The Kier molecular flexibility index (Phi) is 6.23. The van der Waals surface area contributed by atoms with Gasteiger partial charge >= 0.3 is 0 Å². The second-order valence-corrected chi connectivity index (χ2v) is 6.67. The number of likely N-dealkylation sites (N-methyl/N-ethyl adjacent to an activating group) is 1. The fraction of sp³-hybridized carbons (Fsp3) is 0.867. The molecule has 0 bridgehead atoms. The van der Waals surface area contributed by atoms with Crippen LogP contribution in [0, 0.1) is 22.7 Å². The maximum absolute atomic E-state index is 5.62. The normalized spacial score (nSPS) is 16.0. The summed E-state index contributed by atoms with van der Waals surface area (Å²) >= 11 is 0. The molecule has 0 rings (SSSR count). The smallest absolute Gasteiger partial charge is 0.0781 e. The summed E-state index contributed by atoms with van der Waals surface area (Å²) in [5.41, 5.74) is 0.189. The average Bonchev–Trinajstić information content (AvgIpc) is 2.12. The molecule has 2 nitrogen and oxygen atoms in total. The van der Waals surface area contributed by atoms with E-state index in [1.807, 2.05) is 7.05 Å². The molecule has 100 valence electrons. The second kappa shape index (κ2) is 6.42. The van der Waals surface area contributed by atoms with E-state index in [1.54, 1.807) is 7.11 Å². The van der Waals surface area contributed by atoms with Gasteiger partial charge in [-0.15, -0.1) is 5.92 Å². The van der Waals surface area contributed by atoms with Gasteiger partial charge in [-0.1, -0.05) is 26.7 Å². The molecule has 0 aliphatic heterocycles. The molecule has 0 aliphatic rings. The Morgan fingerprint density at radius 1 is 1.12 bits per heavy atom. The number of hydrogen-bond donors (Lipinski definition) is 1. The molecule has 0 radical (unpaired) electrons. The van der Waals surface area contributed by atoms with Gasteiger partial charge in [0.1, 0.15) is 0 Å². The third-order valence-electron chi connectivity index (χ3n) is 2.63. The Hall–Kier alpha value is -0.520. The van der Waals surface area contributed by atoms with E-state index < -0.39 is 0 Å². The van der Waals surface area contributed by atoms with Crippen LogP contribution < -0.4 is 5.32 Å². The average molecular weight is 239 g/mol. The summed E-state index contributed by atoms with van der Waals surface area (Å²) in [6, 6.07) is 0.273. The summed E-state index contributed by atoms with van der Waals surface area (Å²) in [5.74, 6) is 6.54. The van der Waals surface area contributed by atoms with Crippen molar-refractivity contribution >= 4 is 0 Å². The molecular formula is C15H29NO. The summed E-state index contributed by atoms with van der Waals surface area (Å²) in [4.78, 5) is 0. The van der Waals surface area contributed by atoms with Crippen LogP contribution in [0.1, 0.15) is 48.0 Å². The van der Waals surface area contributed by atoms with Crippen molar-refractivity contribution in [1.29, 1.82) is 0 Å².